The first kappa shape index (κ1) is 15.1. The van der Waals surface area contributed by atoms with Gasteiger partial charge in [0.1, 0.15) is 17.1 Å². The van der Waals surface area contributed by atoms with E-state index in [1.807, 2.05) is 0 Å². The van der Waals surface area contributed by atoms with E-state index in [0.717, 1.165) is 6.42 Å². The van der Waals surface area contributed by atoms with E-state index in [0.29, 0.717) is 35.5 Å². The predicted molar refractivity (Wildman–Crippen MR) is 83.4 cm³/mol. The molecule has 1 aromatic rings. The third-order valence-electron chi connectivity index (χ3n) is 5.20. The molecule has 4 atom stereocenters. The second-order valence-corrected chi connectivity index (χ2v) is 6.42. The number of allylic oxidation sites excluding steroid dienone is 2. The molecule has 1 aromatic heterocycles. The standard InChI is InChI=1S/C18H22O4/c1-11-7-8-12-5-3-4-6-13(12)17(11)16-9-15(21-2)14(10-19)18(20)22-16/h7-13,17H,3-6H2,1-2H3/t11-,12+,13+,17+/m0/s1. The van der Waals surface area contributed by atoms with E-state index in [4.69, 9.17) is 9.15 Å². The van der Waals surface area contributed by atoms with Gasteiger partial charge in [0.05, 0.1) is 7.11 Å². The Morgan fingerprint density at radius 1 is 1.27 bits per heavy atom. The summed E-state index contributed by atoms with van der Waals surface area (Å²) in [7, 11) is 1.47. The Bertz CT molecular complexity index is 643. The van der Waals surface area contributed by atoms with Crippen LogP contribution in [0.25, 0.3) is 0 Å². The Hall–Kier alpha value is -1.84. The van der Waals surface area contributed by atoms with Crippen LogP contribution in [0.15, 0.2) is 27.4 Å². The molecule has 0 bridgehead atoms. The Morgan fingerprint density at radius 3 is 2.77 bits per heavy atom. The predicted octanol–water partition coefficient (Wildman–Crippen LogP) is 3.56. The van der Waals surface area contributed by atoms with Crippen LogP contribution in [0.2, 0.25) is 0 Å². The molecule has 0 unspecified atom stereocenters. The molecule has 0 saturated heterocycles. The zero-order valence-corrected chi connectivity index (χ0v) is 13.1. The summed E-state index contributed by atoms with van der Waals surface area (Å²) in [6, 6.07) is 1.73. The van der Waals surface area contributed by atoms with Gasteiger partial charge in [-0.05, 0) is 30.6 Å². The van der Waals surface area contributed by atoms with Crippen molar-refractivity contribution in [3.8, 4) is 5.75 Å². The molecule has 1 fully saturated rings. The summed E-state index contributed by atoms with van der Waals surface area (Å²) >= 11 is 0. The van der Waals surface area contributed by atoms with Gasteiger partial charge in [0.15, 0.2) is 6.29 Å². The van der Waals surface area contributed by atoms with Gasteiger partial charge in [-0.25, -0.2) is 4.79 Å². The van der Waals surface area contributed by atoms with Crippen molar-refractivity contribution >= 4 is 6.29 Å². The van der Waals surface area contributed by atoms with Crippen LogP contribution in [0.3, 0.4) is 0 Å². The van der Waals surface area contributed by atoms with Crippen LogP contribution in [0.4, 0.5) is 0 Å². The van der Waals surface area contributed by atoms with Crippen molar-refractivity contribution in [2.75, 3.05) is 7.11 Å². The van der Waals surface area contributed by atoms with Gasteiger partial charge in [0, 0.05) is 12.0 Å². The molecule has 0 spiro atoms. The molecule has 2 aliphatic carbocycles. The minimum Gasteiger partial charge on any atom is -0.496 e. The van der Waals surface area contributed by atoms with E-state index in [2.05, 4.69) is 19.1 Å². The summed E-state index contributed by atoms with van der Waals surface area (Å²) in [6.45, 7) is 2.16. The van der Waals surface area contributed by atoms with Crippen molar-refractivity contribution in [3.05, 3.63) is 40.0 Å². The Balaban J connectivity index is 2.05. The number of hydrogen-bond acceptors (Lipinski definition) is 4. The number of carbonyl (C=O) groups excluding carboxylic acids is 1. The van der Waals surface area contributed by atoms with Gasteiger partial charge < -0.3 is 9.15 Å². The van der Waals surface area contributed by atoms with Gasteiger partial charge >= 0.3 is 5.63 Å². The normalized spacial score (nSPS) is 30.6. The number of hydrogen-bond donors (Lipinski definition) is 0. The molecule has 1 heterocycles. The summed E-state index contributed by atoms with van der Waals surface area (Å²) in [5.74, 6) is 2.53. The smallest absolute Gasteiger partial charge is 0.350 e. The average Bonchev–Trinajstić information content (AvgIpc) is 2.53. The van der Waals surface area contributed by atoms with E-state index in [9.17, 15) is 9.59 Å². The SMILES string of the molecule is COc1cc([C@H]2[C@@H]3CCCC[C@@H]3C=C[C@@H]2C)oc(=O)c1C=O. The summed E-state index contributed by atoms with van der Waals surface area (Å²) < 4.78 is 10.7. The Labute approximate surface area is 130 Å². The fraction of sp³-hybridized carbons (Fsp3) is 0.556. The number of methoxy groups -OCH3 is 1. The second-order valence-electron chi connectivity index (χ2n) is 6.42. The van der Waals surface area contributed by atoms with Crippen LogP contribution >= 0.6 is 0 Å². The summed E-state index contributed by atoms with van der Waals surface area (Å²) in [6.07, 6.45) is 9.93. The number of ether oxygens (including phenoxy) is 1. The minimum atomic E-state index is -0.599. The highest BCUT2D eigenvalue weighted by atomic mass is 16.5. The zero-order chi connectivity index (χ0) is 15.7. The third-order valence-corrected chi connectivity index (χ3v) is 5.20. The van der Waals surface area contributed by atoms with Gasteiger partial charge in [-0.15, -0.1) is 0 Å². The molecular weight excluding hydrogens is 280 g/mol. The quantitative estimate of drug-likeness (QED) is 0.633. The average molecular weight is 302 g/mol. The number of aldehydes is 1. The molecule has 3 rings (SSSR count). The van der Waals surface area contributed by atoms with E-state index < -0.39 is 5.63 Å². The summed E-state index contributed by atoms with van der Waals surface area (Å²) in [4.78, 5) is 23.1. The van der Waals surface area contributed by atoms with Crippen molar-refractivity contribution in [2.45, 2.75) is 38.5 Å². The number of rotatable bonds is 3. The van der Waals surface area contributed by atoms with Crippen molar-refractivity contribution in [3.63, 3.8) is 0 Å². The zero-order valence-electron chi connectivity index (χ0n) is 13.1. The largest absolute Gasteiger partial charge is 0.496 e. The molecule has 0 amide bonds. The molecule has 1 saturated carbocycles. The molecule has 0 aromatic carbocycles. The lowest BCUT2D eigenvalue weighted by Crippen LogP contribution is -2.31. The molecule has 4 heteroatoms. The topological polar surface area (TPSA) is 56.5 Å². The first-order chi connectivity index (χ1) is 10.7. The van der Waals surface area contributed by atoms with Gasteiger partial charge in [-0.1, -0.05) is 31.9 Å². The molecule has 4 nitrogen and oxygen atoms in total. The van der Waals surface area contributed by atoms with E-state index in [1.54, 1.807) is 6.07 Å². The minimum absolute atomic E-state index is 0.0366. The molecule has 0 radical (unpaired) electrons. The van der Waals surface area contributed by atoms with E-state index >= 15 is 0 Å². The van der Waals surface area contributed by atoms with Crippen molar-refractivity contribution < 1.29 is 13.9 Å². The highest BCUT2D eigenvalue weighted by Gasteiger charge is 2.38. The summed E-state index contributed by atoms with van der Waals surface area (Å²) in [5.41, 5.74) is -0.635. The van der Waals surface area contributed by atoms with Crippen LogP contribution in [-0.4, -0.2) is 13.4 Å². The van der Waals surface area contributed by atoms with E-state index in [1.165, 1.54) is 26.4 Å². The lowest BCUT2D eigenvalue weighted by molar-refractivity contribution is 0.111. The molecule has 2 aliphatic rings. The maximum absolute atomic E-state index is 12.1. The maximum Gasteiger partial charge on any atom is 0.350 e. The van der Waals surface area contributed by atoms with Crippen LogP contribution in [0.5, 0.6) is 5.75 Å². The molecular formula is C18H22O4. The molecule has 0 N–H and O–H groups in total. The molecule has 118 valence electrons. The lowest BCUT2D eigenvalue weighted by Gasteiger charge is -2.40. The van der Waals surface area contributed by atoms with Crippen molar-refractivity contribution in [1.82, 2.24) is 0 Å². The molecule has 22 heavy (non-hydrogen) atoms. The fourth-order valence-electron chi connectivity index (χ4n) is 4.11. The lowest BCUT2D eigenvalue weighted by atomic mass is 9.64. The van der Waals surface area contributed by atoms with Gasteiger partial charge in [0.25, 0.3) is 0 Å². The Kier molecular flexibility index (Phi) is 4.19. The summed E-state index contributed by atoms with van der Waals surface area (Å²) in [5, 5.41) is 0. The fourth-order valence-corrected chi connectivity index (χ4v) is 4.11. The van der Waals surface area contributed by atoms with Crippen molar-refractivity contribution in [2.24, 2.45) is 17.8 Å². The first-order valence-corrected chi connectivity index (χ1v) is 8.01. The van der Waals surface area contributed by atoms with Crippen LogP contribution in [0, 0.1) is 17.8 Å². The van der Waals surface area contributed by atoms with Crippen LogP contribution in [0.1, 0.15) is 54.6 Å². The molecule has 0 aliphatic heterocycles. The first-order valence-electron chi connectivity index (χ1n) is 8.01. The van der Waals surface area contributed by atoms with Gasteiger partial charge in [-0.2, -0.15) is 0 Å². The third kappa shape index (κ3) is 2.51. The van der Waals surface area contributed by atoms with Crippen molar-refractivity contribution in [1.29, 1.82) is 0 Å². The van der Waals surface area contributed by atoms with Crippen LogP contribution < -0.4 is 10.4 Å². The van der Waals surface area contributed by atoms with E-state index in [-0.39, 0.29) is 11.5 Å². The highest BCUT2D eigenvalue weighted by Crippen LogP contribution is 2.48. The van der Waals surface area contributed by atoms with Gasteiger partial charge in [-0.3, -0.25) is 4.79 Å². The second kappa shape index (κ2) is 6.11. The highest BCUT2D eigenvalue weighted by molar-refractivity contribution is 5.78. The monoisotopic (exact) mass is 302 g/mol. The maximum atomic E-state index is 12.1. The number of fused-ring (bicyclic) bond motifs is 1. The number of carbonyl (C=O) groups is 1. The van der Waals surface area contributed by atoms with Crippen LogP contribution in [-0.2, 0) is 0 Å². The Morgan fingerprint density at radius 2 is 2.05 bits per heavy atom. The van der Waals surface area contributed by atoms with Gasteiger partial charge in [0.2, 0.25) is 0 Å².